The van der Waals surface area contributed by atoms with Gasteiger partial charge in [-0.25, -0.2) is 9.59 Å². The maximum Gasteiger partial charge on any atom is 0.328 e. The minimum atomic E-state index is -0.682. The smallest absolute Gasteiger partial charge is 0.328 e. The number of nitrogens with zero attached hydrogens (tertiary/aromatic N) is 2. The average Bonchev–Trinajstić information content (AvgIpc) is 2.83. The normalized spacial score (nSPS) is 30.4. The Kier molecular flexibility index (Phi) is 6.22. The summed E-state index contributed by atoms with van der Waals surface area (Å²) in [6.07, 6.45) is 10.2. The number of piperidine rings is 3. The van der Waals surface area contributed by atoms with Crippen LogP contribution in [0.3, 0.4) is 0 Å². The lowest BCUT2D eigenvalue weighted by Gasteiger charge is -2.54. The number of hydrogen-bond donors (Lipinski definition) is 1. The Morgan fingerprint density at radius 3 is 2.81 bits per heavy atom. The number of benzene rings is 1. The molecule has 6 nitrogen and oxygen atoms in total. The lowest BCUT2D eigenvalue weighted by atomic mass is 9.68. The van der Waals surface area contributed by atoms with Crippen LogP contribution in [0.1, 0.15) is 44.1 Å². The quantitative estimate of drug-likeness (QED) is 0.580. The van der Waals surface area contributed by atoms with Crippen LogP contribution in [0, 0.1) is 11.8 Å². The molecule has 0 aromatic heterocycles. The predicted octanol–water partition coefficient (Wildman–Crippen LogP) is 3.38. The number of likely N-dealkylation sites (tertiary alicyclic amines) is 1. The molecule has 1 N–H and O–H groups in total. The van der Waals surface area contributed by atoms with Crippen LogP contribution in [0.25, 0.3) is 0 Å². The summed E-state index contributed by atoms with van der Waals surface area (Å²) in [6.45, 7) is 3.04. The topological polar surface area (TPSA) is 61.9 Å². The highest BCUT2D eigenvalue weighted by molar-refractivity contribution is 5.84. The van der Waals surface area contributed by atoms with E-state index in [1.165, 1.54) is 44.9 Å². The van der Waals surface area contributed by atoms with Crippen LogP contribution in [0.5, 0.6) is 0 Å². The van der Waals surface area contributed by atoms with Crippen LogP contribution in [-0.2, 0) is 16.0 Å². The summed E-state index contributed by atoms with van der Waals surface area (Å²) >= 11 is 0. The lowest BCUT2D eigenvalue weighted by molar-refractivity contribution is -0.142. The maximum atomic E-state index is 13.5. The summed E-state index contributed by atoms with van der Waals surface area (Å²) in [5.41, 5.74) is 2.46. The van der Waals surface area contributed by atoms with Gasteiger partial charge in [-0.05, 0) is 56.0 Å². The van der Waals surface area contributed by atoms with Crippen LogP contribution in [0.15, 0.2) is 42.0 Å². The number of hydrogen-bond acceptors (Lipinski definition) is 4. The molecule has 3 fully saturated rings. The highest BCUT2D eigenvalue weighted by Crippen LogP contribution is 2.45. The number of nitrogens with one attached hydrogen (secondary N) is 1. The van der Waals surface area contributed by atoms with Gasteiger partial charge in [0.1, 0.15) is 6.04 Å². The van der Waals surface area contributed by atoms with Crippen LogP contribution >= 0.6 is 0 Å². The van der Waals surface area contributed by atoms with Crippen molar-refractivity contribution in [2.45, 2.75) is 63.1 Å². The molecule has 0 saturated carbocycles. The van der Waals surface area contributed by atoms with Crippen LogP contribution in [0.2, 0.25) is 0 Å². The molecule has 3 heterocycles. The molecule has 1 aliphatic carbocycles. The molecule has 2 amide bonds. The Morgan fingerprint density at radius 1 is 1.16 bits per heavy atom. The zero-order chi connectivity index (χ0) is 22.1. The summed E-state index contributed by atoms with van der Waals surface area (Å²) in [5.74, 6) is 0.739. The summed E-state index contributed by atoms with van der Waals surface area (Å²) in [5, 5.41) is 3.02. The number of rotatable bonds is 4. The number of amides is 2. The standard InChI is InChI=1S/C26H35N3O3/c1-32-25(30)22(14-18-8-3-2-4-9-18)27-26(31)29-13-7-10-19-15-20-16-21(24(19)29)17-28-12-6-5-11-23(20)28/h2-4,8-9,15,20-24H,5-7,10-14,16-17H2,1H3,(H,27,31)/t20-,21+,22-,23+,24+/m0/s1. The molecule has 32 heavy (non-hydrogen) atoms. The van der Waals surface area contributed by atoms with Crippen LogP contribution in [0.4, 0.5) is 4.79 Å². The fourth-order valence-electron chi connectivity index (χ4n) is 6.62. The van der Waals surface area contributed by atoms with Crippen molar-refractivity contribution >= 4 is 12.0 Å². The summed E-state index contributed by atoms with van der Waals surface area (Å²) in [4.78, 5) is 30.7. The monoisotopic (exact) mass is 437 g/mol. The van der Waals surface area contributed by atoms with Crippen molar-refractivity contribution in [1.29, 1.82) is 0 Å². The minimum Gasteiger partial charge on any atom is -0.467 e. The Balaban J connectivity index is 1.34. The molecule has 1 aromatic rings. The Bertz CT molecular complexity index is 870. The zero-order valence-corrected chi connectivity index (χ0v) is 19.0. The number of ether oxygens (including phenoxy) is 1. The van der Waals surface area contributed by atoms with Gasteiger partial charge in [0.05, 0.1) is 13.2 Å². The first-order valence-electron chi connectivity index (χ1n) is 12.3. The first kappa shape index (κ1) is 21.5. The van der Waals surface area contributed by atoms with Gasteiger partial charge >= 0.3 is 12.0 Å². The molecule has 2 bridgehead atoms. The van der Waals surface area contributed by atoms with E-state index >= 15 is 0 Å². The van der Waals surface area contributed by atoms with Gasteiger partial charge < -0.3 is 15.0 Å². The van der Waals surface area contributed by atoms with Gasteiger partial charge in [0, 0.05) is 25.6 Å². The van der Waals surface area contributed by atoms with E-state index < -0.39 is 12.0 Å². The predicted molar refractivity (Wildman–Crippen MR) is 123 cm³/mol. The van der Waals surface area contributed by atoms with Gasteiger partial charge in [-0.15, -0.1) is 0 Å². The molecule has 0 radical (unpaired) electrons. The lowest BCUT2D eigenvalue weighted by Crippen LogP contribution is -2.62. The fourth-order valence-corrected chi connectivity index (χ4v) is 6.62. The SMILES string of the molecule is COC(=O)[C@H](Cc1ccccc1)NC(=O)N1CCCC2=C[C@H]3C[C@H](CN4CCCC[C@H]34)[C@@H]21. The van der Waals surface area contributed by atoms with Gasteiger partial charge in [-0.2, -0.15) is 0 Å². The van der Waals surface area contributed by atoms with E-state index in [4.69, 9.17) is 4.74 Å². The molecule has 1 aromatic carbocycles. The third kappa shape index (κ3) is 4.17. The number of fused-ring (bicyclic) bond motifs is 6. The number of carbonyl (C=O) groups excluding carboxylic acids is 2. The Hall–Kier alpha value is -2.34. The van der Waals surface area contributed by atoms with Crippen molar-refractivity contribution in [2.24, 2.45) is 11.8 Å². The second kappa shape index (κ2) is 9.26. The minimum absolute atomic E-state index is 0.133. The van der Waals surface area contributed by atoms with Crippen molar-refractivity contribution < 1.29 is 14.3 Å². The Labute approximate surface area is 191 Å². The summed E-state index contributed by atoms with van der Waals surface area (Å²) in [7, 11) is 1.38. The van der Waals surface area contributed by atoms with Crippen LogP contribution in [-0.4, -0.2) is 66.7 Å². The van der Waals surface area contributed by atoms with E-state index in [9.17, 15) is 9.59 Å². The van der Waals surface area contributed by atoms with E-state index in [2.05, 4.69) is 16.3 Å². The van der Waals surface area contributed by atoms with Gasteiger partial charge in [-0.3, -0.25) is 4.90 Å². The van der Waals surface area contributed by atoms with Crippen molar-refractivity contribution in [2.75, 3.05) is 26.7 Å². The second-order valence-corrected chi connectivity index (χ2v) is 9.92. The molecule has 3 aliphatic heterocycles. The highest BCUT2D eigenvalue weighted by Gasteiger charge is 2.47. The number of carbonyl (C=O) groups is 2. The number of esters is 1. The van der Waals surface area contributed by atoms with E-state index in [1.807, 2.05) is 35.2 Å². The van der Waals surface area contributed by atoms with Gasteiger partial charge in [0.2, 0.25) is 0 Å². The molecule has 4 aliphatic rings. The molecule has 0 unspecified atom stereocenters. The third-order valence-electron chi connectivity index (χ3n) is 7.98. The molecule has 5 atom stereocenters. The maximum absolute atomic E-state index is 13.5. The molecule has 6 heteroatoms. The molecule has 5 rings (SSSR count). The van der Waals surface area contributed by atoms with Crippen molar-refractivity contribution in [3.8, 4) is 0 Å². The van der Waals surface area contributed by atoms with Gasteiger partial charge in [-0.1, -0.05) is 48.4 Å². The van der Waals surface area contributed by atoms with Crippen LogP contribution < -0.4 is 5.32 Å². The van der Waals surface area contributed by atoms with E-state index in [1.54, 1.807) is 0 Å². The molecule has 3 saturated heterocycles. The first-order valence-corrected chi connectivity index (χ1v) is 12.3. The Morgan fingerprint density at radius 2 is 2.00 bits per heavy atom. The van der Waals surface area contributed by atoms with Gasteiger partial charge in [0.25, 0.3) is 0 Å². The number of methoxy groups -OCH3 is 1. The fraction of sp³-hybridized carbons (Fsp3) is 0.615. The third-order valence-corrected chi connectivity index (χ3v) is 7.98. The van der Waals surface area contributed by atoms with Crippen molar-refractivity contribution in [3.05, 3.63) is 47.5 Å². The number of urea groups is 1. The molecule has 0 spiro atoms. The largest absolute Gasteiger partial charge is 0.467 e. The molecular weight excluding hydrogens is 402 g/mol. The second-order valence-electron chi connectivity index (χ2n) is 9.92. The summed E-state index contributed by atoms with van der Waals surface area (Å²) < 4.78 is 5.01. The van der Waals surface area contributed by atoms with E-state index in [0.29, 0.717) is 24.3 Å². The molecular formula is C26H35N3O3. The first-order chi connectivity index (χ1) is 15.6. The van der Waals surface area contributed by atoms with E-state index in [-0.39, 0.29) is 12.1 Å². The highest BCUT2D eigenvalue weighted by atomic mass is 16.5. The zero-order valence-electron chi connectivity index (χ0n) is 19.0. The van der Waals surface area contributed by atoms with Crippen molar-refractivity contribution in [1.82, 2.24) is 15.1 Å². The van der Waals surface area contributed by atoms with E-state index in [0.717, 1.165) is 31.5 Å². The summed E-state index contributed by atoms with van der Waals surface area (Å²) in [6, 6.07) is 9.84. The molecule has 172 valence electrons. The average molecular weight is 438 g/mol. The van der Waals surface area contributed by atoms with Crippen molar-refractivity contribution in [3.63, 3.8) is 0 Å². The van der Waals surface area contributed by atoms with Gasteiger partial charge in [0.15, 0.2) is 0 Å².